The van der Waals surface area contributed by atoms with Gasteiger partial charge in [-0.25, -0.2) is 4.79 Å². The lowest BCUT2D eigenvalue weighted by molar-refractivity contribution is 0.102. The van der Waals surface area contributed by atoms with Crippen LogP contribution < -0.4 is 21.5 Å². The average Bonchev–Trinajstić information content (AvgIpc) is 2.78. The minimum atomic E-state index is -0.611. The molecule has 4 rings (SSSR count). The first kappa shape index (κ1) is 20.5. The third-order valence-corrected chi connectivity index (χ3v) is 5.59. The maximum Gasteiger partial charge on any atom is 0.329 e. The van der Waals surface area contributed by atoms with E-state index in [0.29, 0.717) is 5.92 Å². The molecule has 1 saturated heterocycles. The van der Waals surface area contributed by atoms with Gasteiger partial charge in [-0.15, -0.1) is 10.2 Å². The molecule has 1 fully saturated rings. The molecule has 9 nitrogen and oxygen atoms in total. The summed E-state index contributed by atoms with van der Waals surface area (Å²) in [5.41, 5.74) is 0.278. The van der Waals surface area contributed by atoms with Crippen LogP contribution in [0, 0.1) is 5.92 Å². The number of aromatic amines is 1. The number of aromatic nitrogens is 4. The fraction of sp³-hybridized carbons (Fsp3) is 0.318. The number of rotatable bonds is 5. The third kappa shape index (κ3) is 4.88. The molecule has 1 aromatic carbocycles. The zero-order chi connectivity index (χ0) is 21.8. The topological polar surface area (TPSA) is 113 Å². The number of carbonyl (C=O) groups excluding carboxylic acids is 1. The normalized spacial score (nSPS) is 14.4. The Kier molecular flexibility index (Phi) is 5.92. The Morgan fingerprint density at radius 1 is 1.10 bits per heavy atom. The van der Waals surface area contributed by atoms with Crippen LogP contribution in [-0.4, -0.2) is 38.7 Å². The van der Waals surface area contributed by atoms with Gasteiger partial charge in [0.05, 0.1) is 0 Å². The lowest BCUT2D eigenvalue weighted by Gasteiger charge is -2.32. The van der Waals surface area contributed by atoms with Crippen molar-refractivity contribution < 1.29 is 4.79 Å². The standard InChI is InChI=1S/C22H24N6O3/c1-27-19(14-20(29)24-22(27)31)23-21(30)17-7-8-18(26-25-17)28-11-9-16(10-12-28)13-15-5-3-2-4-6-15/h2-8,14,16H,9-13H2,1H3,(H,23,30)(H,24,29,31). The monoisotopic (exact) mass is 420 g/mol. The molecule has 2 N–H and O–H groups in total. The van der Waals surface area contributed by atoms with Crippen LogP contribution in [-0.2, 0) is 13.5 Å². The number of carbonyl (C=O) groups is 1. The Hall–Kier alpha value is -3.75. The first-order chi connectivity index (χ1) is 15.0. The Morgan fingerprint density at radius 2 is 1.84 bits per heavy atom. The van der Waals surface area contributed by atoms with Crippen LogP contribution in [0.2, 0.25) is 0 Å². The van der Waals surface area contributed by atoms with Crippen LogP contribution in [0.15, 0.2) is 58.1 Å². The lowest BCUT2D eigenvalue weighted by Crippen LogP contribution is -2.35. The van der Waals surface area contributed by atoms with Gasteiger partial charge < -0.3 is 10.2 Å². The van der Waals surface area contributed by atoms with Gasteiger partial charge in [-0.2, -0.15) is 0 Å². The maximum absolute atomic E-state index is 12.4. The predicted octanol–water partition coefficient (Wildman–Crippen LogP) is 1.57. The van der Waals surface area contributed by atoms with E-state index in [2.05, 4.69) is 49.7 Å². The maximum atomic E-state index is 12.4. The van der Waals surface area contributed by atoms with E-state index in [9.17, 15) is 14.4 Å². The quantitative estimate of drug-likeness (QED) is 0.648. The summed E-state index contributed by atoms with van der Waals surface area (Å²) in [6.45, 7) is 1.79. The Morgan fingerprint density at radius 3 is 2.52 bits per heavy atom. The summed E-state index contributed by atoms with van der Waals surface area (Å²) in [7, 11) is 1.45. The number of hydrogen-bond acceptors (Lipinski definition) is 6. The van der Waals surface area contributed by atoms with Crippen LogP contribution in [0.5, 0.6) is 0 Å². The largest absolute Gasteiger partial charge is 0.355 e. The average molecular weight is 420 g/mol. The van der Waals surface area contributed by atoms with Gasteiger partial charge >= 0.3 is 5.69 Å². The van der Waals surface area contributed by atoms with E-state index >= 15 is 0 Å². The molecule has 0 spiro atoms. The molecular weight excluding hydrogens is 396 g/mol. The van der Waals surface area contributed by atoms with Crippen molar-refractivity contribution in [1.82, 2.24) is 19.7 Å². The first-order valence-corrected chi connectivity index (χ1v) is 10.2. The Labute approximate surface area is 178 Å². The van der Waals surface area contributed by atoms with Crippen LogP contribution in [0.3, 0.4) is 0 Å². The van der Waals surface area contributed by atoms with Crippen molar-refractivity contribution in [3.8, 4) is 0 Å². The molecule has 3 aromatic rings. The van der Waals surface area contributed by atoms with Gasteiger partial charge in [0.1, 0.15) is 5.82 Å². The molecule has 0 saturated carbocycles. The number of nitrogens with zero attached hydrogens (tertiary/aromatic N) is 4. The highest BCUT2D eigenvalue weighted by molar-refractivity contribution is 6.02. The van der Waals surface area contributed by atoms with Crippen molar-refractivity contribution >= 4 is 17.5 Å². The van der Waals surface area contributed by atoms with Crippen molar-refractivity contribution in [1.29, 1.82) is 0 Å². The van der Waals surface area contributed by atoms with Crippen LogP contribution in [0.1, 0.15) is 28.9 Å². The van der Waals surface area contributed by atoms with Crippen LogP contribution in [0.25, 0.3) is 0 Å². The number of amides is 1. The first-order valence-electron chi connectivity index (χ1n) is 10.2. The van der Waals surface area contributed by atoms with Crippen molar-refractivity contribution in [3.05, 3.63) is 80.6 Å². The molecule has 160 valence electrons. The van der Waals surface area contributed by atoms with Crippen LogP contribution in [0.4, 0.5) is 11.6 Å². The Balaban J connectivity index is 1.36. The summed E-state index contributed by atoms with van der Waals surface area (Å²) in [6.07, 6.45) is 3.25. The molecule has 0 radical (unpaired) electrons. The second kappa shape index (κ2) is 8.95. The van der Waals surface area contributed by atoms with E-state index in [4.69, 9.17) is 0 Å². The number of nitrogens with one attached hydrogen (secondary N) is 2. The van der Waals surface area contributed by atoms with E-state index in [0.717, 1.165) is 48.8 Å². The zero-order valence-electron chi connectivity index (χ0n) is 17.2. The predicted molar refractivity (Wildman–Crippen MR) is 117 cm³/mol. The highest BCUT2D eigenvalue weighted by atomic mass is 16.2. The SMILES string of the molecule is Cn1c(NC(=O)c2ccc(N3CCC(Cc4ccccc4)CC3)nn2)cc(=O)[nH]c1=O. The molecule has 2 aromatic heterocycles. The molecule has 1 aliphatic heterocycles. The number of hydrogen-bond donors (Lipinski definition) is 2. The van der Waals surface area contributed by atoms with Gasteiger partial charge in [0.15, 0.2) is 11.5 Å². The summed E-state index contributed by atoms with van der Waals surface area (Å²) in [4.78, 5) is 39.9. The molecule has 0 aliphatic carbocycles. The van der Waals surface area contributed by atoms with E-state index < -0.39 is 17.2 Å². The van der Waals surface area contributed by atoms with Crippen molar-refractivity contribution in [2.75, 3.05) is 23.3 Å². The van der Waals surface area contributed by atoms with Gasteiger partial charge in [-0.05, 0) is 42.9 Å². The minimum Gasteiger partial charge on any atom is -0.355 e. The molecule has 0 bridgehead atoms. The summed E-state index contributed by atoms with van der Waals surface area (Å²) in [5, 5.41) is 10.8. The van der Waals surface area contributed by atoms with Gasteiger partial charge in [-0.1, -0.05) is 30.3 Å². The van der Waals surface area contributed by atoms with Gasteiger partial charge in [0, 0.05) is 26.2 Å². The third-order valence-electron chi connectivity index (χ3n) is 5.59. The number of H-pyrrole nitrogens is 1. The molecule has 1 aliphatic rings. The molecule has 9 heteroatoms. The fourth-order valence-electron chi connectivity index (χ4n) is 3.78. The van der Waals surface area contributed by atoms with Crippen molar-refractivity contribution in [2.45, 2.75) is 19.3 Å². The van der Waals surface area contributed by atoms with Gasteiger partial charge in [-0.3, -0.25) is 19.1 Å². The summed E-state index contributed by atoms with van der Waals surface area (Å²) < 4.78 is 1.14. The summed E-state index contributed by atoms with van der Waals surface area (Å²) >= 11 is 0. The van der Waals surface area contributed by atoms with E-state index in [1.54, 1.807) is 12.1 Å². The van der Waals surface area contributed by atoms with E-state index in [-0.39, 0.29) is 11.5 Å². The highest BCUT2D eigenvalue weighted by Gasteiger charge is 2.21. The minimum absolute atomic E-state index is 0.0881. The number of piperidine rings is 1. The molecule has 31 heavy (non-hydrogen) atoms. The summed E-state index contributed by atoms with van der Waals surface area (Å²) in [5.74, 6) is 0.932. The second-order valence-electron chi connectivity index (χ2n) is 7.73. The van der Waals surface area contributed by atoms with Crippen molar-refractivity contribution in [3.63, 3.8) is 0 Å². The fourth-order valence-corrected chi connectivity index (χ4v) is 3.78. The molecule has 0 unspecified atom stereocenters. The molecule has 0 atom stereocenters. The number of benzene rings is 1. The molecule has 1 amide bonds. The van der Waals surface area contributed by atoms with Crippen molar-refractivity contribution in [2.24, 2.45) is 13.0 Å². The number of anilines is 2. The Bertz CT molecular complexity index is 1160. The van der Waals surface area contributed by atoms with Gasteiger partial charge in [0.2, 0.25) is 0 Å². The summed E-state index contributed by atoms with van der Waals surface area (Å²) in [6, 6.07) is 15.0. The second-order valence-corrected chi connectivity index (χ2v) is 7.73. The van der Waals surface area contributed by atoms with E-state index in [1.165, 1.54) is 12.6 Å². The van der Waals surface area contributed by atoms with E-state index in [1.807, 2.05) is 6.07 Å². The zero-order valence-corrected chi connectivity index (χ0v) is 17.2. The highest BCUT2D eigenvalue weighted by Crippen LogP contribution is 2.24. The smallest absolute Gasteiger partial charge is 0.329 e. The van der Waals surface area contributed by atoms with Gasteiger partial charge in [0.25, 0.3) is 11.5 Å². The molecular formula is C22H24N6O3. The molecule has 3 heterocycles. The lowest BCUT2D eigenvalue weighted by atomic mass is 9.90. The van der Waals surface area contributed by atoms with Crippen LogP contribution >= 0.6 is 0 Å².